The number of phenolic OH excluding ortho intramolecular Hbond substituents is 1. The molecule has 1 aromatic heterocycles. The molecule has 5 nitrogen and oxygen atoms in total. The van der Waals surface area contributed by atoms with E-state index in [1.54, 1.807) is 25.3 Å². The molecule has 5 heteroatoms. The van der Waals surface area contributed by atoms with Crippen LogP contribution in [0.1, 0.15) is 0 Å². The third-order valence-corrected chi connectivity index (χ3v) is 3.39. The highest BCUT2D eigenvalue weighted by molar-refractivity contribution is 5.80. The monoisotopic (exact) mass is 298 g/mol. The van der Waals surface area contributed by atoms with E-state index >= 15 is 0 Å². The van der Waals surface area contributed by atoms with Crippen molar-refractivity contribution in [2.75, 3.05) is 14.2 Å². The van der Waals surface area contributed by atoms with E-state index in [1.165, 1.54) is 31.4 Å². The maximum atomic E-state index is 12.2. The Kier molecular flexibility index (Phi) is 3.47. The summed E-state index contributed by atoms with van der Waals surface area (Å²) >= 11 is 0. The van der Waals surface area contributed by atoms with E-state index < -0.39 is 0 Å². The van der Waals surface area contributed by atoms with Crippen LogP contribution in [0.5, 0.6) is 17.2 Å². The molecule has 0 bridgehead atoms. The number of fused-ring (bicyclic) bond motifs is 1. The summed E-state index contributed by atoms with van der Waals surface area (Å²) in [7, 11) is 3.09. The van der Waals surface area contributed by atoms with Crippen molar-refractivity contribution in [2.45, 2.75) is 0 Å². The van der Waals surface area contributed by atoms with E-state index in [4.69, 9.17) is 13.9 Å². The summed E-state index contributed by atoms with van der Waals surface area (Å²) in [6.45, 7) is 0. The topological polar surface area (TPSA) is 68.9 Å². The van der Waals surface area contributed by atoms with Gasteiger partial charge < -0.3 is 19.0 Å². The summed E-state index contributed by atoms with van der Waals surface area (Å²) in [5.74, 6) is 1.57. The lowest BCUT2D eigenvalue weighted by Crippen LogP contribution is -2.00. The van der Waals surface area contributed by atoms with Crippen LogP contribution in [-0.2, 0) is 0 Å². The fraction of sp³-hybridized carbons (Fsp3) is 0.118. The van der Waals surface area contributed by atoms with Crippen LogP contribution in [0, 0.1) is 0 Å². The first-order valence-corrected chi connectivity index (χ1v) is 6.61. The Morgan fingerprint density at radius 3 is 2.55 bits per heavy atom. The zero-order valence-corrected chi connectivity index (χ0v) is 12.1. The van der Waals surface area contributed by atoms with E-state index in [2.05, 4.69) is 0 Å². The molecule has 0 radical (unpaired) electrons. The van der Waals surface area contributed by atoms with Crippen molar-refractivity contribution in [1.29, 1.82) is 0 Å². The summed E-state index contributed by atoms with van der Waals surface area (Å²) < 4.78 is 16.2. The van der Waals surface area contributed by atoms with Gasteiger partial charge in [0.05, 0.1) is 25.2 Å². The predicted molar refractivity (Wildman–Crippen MR) is 82.7 cm³/mol. The number of hydrogen-bond donors (Lipinski definition) is 1. The van der Waals surface area contributed by atoms with Gasteiger partial charge in [-0.2, -0.15) is 0 Å². The van der Waals surface area contributed by atoms with Crippen molar-refractivity contribution in [3.8, 4) is 28.6 Å². The Labute approximate surface area is 126 Å². The molecule has 0 saturated carbocycles. The molecular weight excluding hydrogens is 284 g/mol. The highest BCUT2D eigenvalue weighted by atomic mass is 16.5. The van der Waals surface area contributed by atoms with Crippen LogP contribution in [-0.4, -0.2) is 19.3 Å². The molecule has 3 rings (SSSR count). The van der Waals surface area contributed by atoms with Crippen LogP contribution >= 0.6 is 0 Å². The van der Waals surface area contributed by atoms with E-state index in [1.807, 2.05) is 0 Å². The van der Waals surface area contributed by atoms with Crippen molar-refractivity contribution >= 4 is 11.0 Å². The Bertz CT molecular complexity index is 895. The average molecular weight is 298 g/mol. The number of rotatable bonds is 3. The number of aromatic hydroxyl groups is 1. The minimum absolute atomic E-state index is 0.0366. The SMILES string of the molecule is COc1ccc(-c2cc(=O)c3ccc(O)cc3o2)c(OC)c1. The van der Waals surface area contributed by atoms with Crippen LogP contribution in [0.15, 0.2) is 51.7 Å². The normalized spacial score (nSPS) is 10.6. The molecule has 0 aliphatic heterocycles. The lowest BCUT2D eigenvalue weighted by atomic mass is 10.1. The highest BCUT2D eigenvalue weighted by Gasteiger charge is 2.13. The maximum Gasteiger partial charge on any atom is 0.193 e. The van der Waals surface area contributed by atoms with E-state index in [0.29, 0.717) is 33.8 Å². The average Bonchev–Trinajstić information content (AvgIpc) is 2.53. The fourth-order valence-corrected chi connectivity index (χ4v) is 2.28. The number of methoxy groups -OCH3 is 2. The van der Waals surface area contributed by atoms with Gasteiger partial charge in [0.15, 0.2) is 5.43 Å². The third-order valence-electron chi connectivity index (χ3n) is 3.39. The molecule has 112 valence electrons. The molecular formula is C17H14O5. The van der Waals surface area contributed by atoms with Gasteiger partial charge in [-0.3, -0.25) is 4.79 Å². The van der Waals surface area contributed by atoms with E-state index in [9.17, 15) is 9.90 Å². The molecule has 0 unspecified atom stereocenters. The van der Waals surface area contributed by atoms with Gasteiger partial charge in [0.2, 0.25) is 0 Å². The van der Waals surface area contributed by atoms with Gasteiger partial charge in [-0.05, 0) is 24.3 Å². The molecule has 1 heterocycles. The number of hydrogen-bond acceptors (Lipinski definition) is 5. The van der Waals surface area contributed by atoms with Crippen LogP contribution in [0.3, 0.4) is 0 Å². The number of benzene rings is 2. The summed E-state index contributed by atoms with van der Waals surface area (Å²) in [5.41, 5.74) is 0.764. The quantitative estimate of drug-likeness (QED) is 0.804. The van der Waals surface area contributed by atoms with Crippen molar-refractivity contribution in [3.63, 3.8) is 0 Å². The van der Waals surface area contributed by atoms with Crippen molar-refractivity contribution in [2.24, 2.45) is 0 Å². The summed E-state index contributed by atoms with van der Waals surface area (Å²) in [6, 6.07) is 11.0. The standard InChI is InChI=1S/C17H14O5/c1-20-11-4-6-13(15(8-11)21-2)17-9-14(19)12-5-3-10(18)7-16(12)22-17/h3-9,18H,1-2H3. The lowest BCUT2D eigenvalue weighted by molar-refractivity contribution is 0.394. The Morgan fingerprint density at radius 1 is 1.00 bits per heavy atom. The van der Waals surface area contributed by atoms with E-state index in [-0.39, 0.29) is 11.2 Å². The molecule has 1 N–H and O–H groups in total. The van der Waals surface area contributed by atoms with Crippen molar-refractivity contribution in [1.82, 2.24) is 0 Å². The molecule has 0 spiro atoms. The minimum atomic E-state index is -0.186. The molecule has 0 aliphatic rings. The van der Waals surface area contributed by atoms with Gasteiger partial charge in [-0.25, -0.2) is 0 Å². The zero-order chi connectivity index (χ0) is 15.7. The molecule has 2 aromatic carbocycles. The van der Waals surface area contributed by atoms with Gasteiger partial charge >= 0.3 is 0 Å². The fourth-order valence-electron chi connectivity index (χ4n) is 2.28. The summed E-state index contributed by atoms with van der Waals surface area (Å²) in [4.78, 5) is 12.2. The second kappa shape index (κ2) is 5.44. The first-order valence-electron chi connectivity index (χ1n) is 6.61. The van der Waals surface area contributed by atoms with Gasteiger partial charge in [0.1, 0.15) is 28.6 Å². The maximum absolute atomic E-state index is 12.2. The lowest BCUT2D eigenvalue weighted by Gasteiger charge is -2.10. The second-order valence-electron chi connectivity index (χ2n) is 4.72. The number of ether oxygens (including phenoxy) is 2. The molecule has 3 aromatic rings. The molecule has 0 fully saturated rings. The molecule has 0 atom stereocenters. The van der Waals surface area contributed by atoms with Crippen LogP contribution in [0.4, 0.5) is 0 Å². The van der Waals surface area contributed by atoms with Crippen LogP contribution in [0.25, 0.3) is 22.3 Å². The Balaban J connectivity index is 2.24. The Hall–Kier alpha value is -2.95. The van der Waals surface area contributed by atoms with Crippen LogP contribution in [0.2, 0.25) is 0 Å². The van der Waals surface area contributed by atoms with Gasteiger partial charge in [-0.15, -0.1) is 0 Å². The second-order valence-corrected chi connectivity index (χ2v) is 4.72. The first-order chi connectivity index (χ1) is 10.6. The van der Waals surface area contributed by atoms with Crippen LogP contribution < -0.4 is 14.9 Å². The van der Waals surface area contributed by atoms with Crippen molar-refractivity contribution < 1.29 is 19.0 Å². The highest BCUT2D eigenvalue weighted by Crippen LogP contribution is 2.34. The van der Waals surface area contributed by atoms with E-state index in [0.717, 1.165) is 0 Å². The minimum Gasteiger partial charge on any atom is -0.508 e. The molecule has 0 aliphatic carbocycles. The van der Waals surface area contributed by atoms with Gasteiger partial charge in [0.25, 0.3) is 0 Å². The smallest absolute Gasteiger partial charge is 0.193 e. The first kappa shape index (κ1) is 14.0. The zero-order valence-electron chi connectivity index (χ0n) is 12.1. The molecule has 22 heavy (non-hydrogen) atoms. The number of phenols is 1. The largest absolute Gasteiger partial charge is 0.508 e. The summed E-state index contributed by atoms with van der Waals surface area (Å²) in [5, 5.41) is 9.96. The Morgan fingerprint density at radius 2 is 1.82 bits per heavy atom. The molecule has 0 saturated heterocycles. The van der Waals surface area contributed by atoms with Crippen molar-refractivity contribution in [3.05, 3.63) is 52.7 Å². The van der Waals surface area contributed by atoms with Gasteiger partial charge in [0, 0.05) is 18.2 Å². The predicted octanol–water partition coefficient (Wildman–Crippen LogP) is 3.18. The summed E-state index contributed by atoms with van der Waals surface area (Å²) in [6.07, 6.45) is 0. The van der Waals surface area contributed by atoms with Gasteiger partial charge in [-0.1, -0.05) is 0 Å². The third kappa shape index (κ3) is 2.37. The molecule has 0 amide bonds.